The molecule has 0 aliphatic carbocycles. The summed E-state index contributed by atoms with van der Waals surface area (Å²) < 4.78 is 7.22. The number of aryl methyl sites for hydroxylation is 2. The van der Waals surface area contributed by atoms with Gasteiger partial charge >= 0.3 is 5.69 Å². The van der Waals surface area contributed by atoms with Crippen LogP contribution in [0.25, 0.3) is 0 Å². The fraction of sp³-hybridized carbons (Fsp3) is 0.750. The van der Waals surface area contributed by atoms with Crippen LogP contribution >= 0.6 is 0 Å². The van der Waals surface area contributed by atoms with Gasteiger partial charge in [-0.2, -0.15) is 5.10 Å². The summed E-state index contributed by atoms with van der Waals surface area (Å²) >= 11 is 0. The second-order valence-corrected chi connectivity index (χ2v) is 4.99. The van der Waals surface area contributed by atoms with Crippen LogP contribution in [-0.2, 0) is 11.3 Å². The van der Waals surface area contributed by atoms with Gasteiger partial charge < -0.3 is 14.7 Å². The van der Waals surface area contributed by atoms with Crippen molar-refractivity contribution in [1.29, 1.82) is 0 Å². The van der Waals surface area contributed by atoms with E-state index in [2.05, 4.69) is 5.10 Å². The minimum absolute atomic E-state index is 0.0395. The van der Waals surface area contributed by atoms with Crippen molar-refractivity contribution in [1.82, 2.24) is 9.78 Å². The van der Waals surface area contributed by atoms with Crippen LogP contribution in [0.2, 0.25) is 0 Å². The highest BCUT2D eigenvalue weighted by molar-refractivity contribution is 5.61. The van der Waals surface area contributed by atoms with E-state index < -0.39 is 4.92 Å². The fourth-order valence-electron chi connectivity index (χ4n) is 2.63. The van der Waals surface area contributed by atoms with Gasteiger partial charge in [0.2, 0.25) is 5.82 Å². The van der Waals surface area contributed by atoms with Crippen molar-refractivity contribution in [2.45, 2.75) is 39.5 Å². The van der Waals surface area contributed by atoms with Gasteiger partial charge in [-0.25, -0.2) is 4.68 Å². The molecule has 1 fully saturated rings. The zero-order valence-corrected chi connectivity index (χ0v) is 11.9. The van der Waals surface area contributed by atoms with Crippen LogP contribution in [-0.4, -0.2) is 51.7 Å². The lowest BCUT2D eigenvalue weighted by Gasteiger charge is -2.36. The van der Waals surface area contributed by atoms with Crippen LogP contribution in [0.5, 0.6) is 0 Å². The minimum atomic E-state index is -0.391. The normalized spacial score (nSPS) is 23.1. The van der Waals surface area contributed by atoms with Crippen molar-refractivity contribution in [3.05, 3.63) is 15.8 Å². The first-order valence-electron chi connectivity index (χ1n) is 6.71. The number of hydrogen-bond acceptors (Lipinski definition) is 6. The van der Waals surface area contributed by atoms with Gasteiger partial charge in [0.25, 0.3) is 0 Å². The molecule has 2 atom stereocenters. The summed E-state index contributed by atoms with van der Waals surface area (Å²) in [6.45, 7) is 6.84. The third-order valence-electron chi connectivity index (χ3n) is 3.38. The van der Waals surface area contributed by atoms with E-state index in [1.807, 2.05) is 18.7 Å². The Morgan fingerprint density at radius 2 is 2.25 bits per heavy atom. The molecule has 0 bridgehead atoms. The topological polar surface area (TPSA) is 93.7 Å². The van der Waals surface area contributed by atoms with E-state index in [0.717, 1.165) is 0 Å². The van der Waals surface area contributed by atoms with Gasteiger partial charge in [0, 0.05) is 19.6 Å². The number of anilines is 1. The lowest BCUT2D eigenvalue weighted by molar-refractivity contribution is -0.384. The second-order valence-electron chi connectivity index (χ2n) is 4.99. The van der Waals surface area contributed by atoms with E-state index in [1.54, 1.807) is 11.6 Å². The van der Waals surface area contributed by atoms with Crippen LogP contribution in [0.4, 0.5) is 11.5 Å². The molecular formula is C12H20N4O4. The molecule has 0 radical (unpaired) electrons. The molecule has 1 N–H and O–H groups in total. The summed E-state index contributed by atoms with van der Waals surface area (Å²) in [4.78, 5) is 12.8. The maximum atomic E-state index is 11.3. The highest BCUT2D eigenvalue weighted by Gasteiger charge is 2.34. The van der Waals surface area contributed by atoms with Crippen LogP contribution in [0.3, 0.4) is 0 Å². The number of nitro groups is 1. The summed E-state index contributed by atoms with van der Waals surface area (Å²) in [6.07, 6.45) is -0.431. The molecule has 0 amide bonds. The SMILES string of the molecule is CCn1nc(C)c([N+](=O)[O-])c1N1CC(C)OC(CO)C1. The molecule has 2 heterocycles. The first kappa shape index (κ1) is 14.7. The molecule has 0 spiro atoms. The first-order valence-corrected chi connectivity index (χ1v) is 6.71. The lowest BCUT2D eigenvalue weighted by Crippen LogP contribution is -2.48. The Kier molecular flexibility index (Phi) is 4.24. The number of aliphatic hydroxyl groups is 1. The zero-order valence-electron chi connectivity index (χ0n) is 11.9. The van der Waals surface area contributed by atoms with Crippen molar-refractivity contribution < 1.29 is 14.8 Å². The van der Waals surface area contributed by atoms with Gasteiger partial charge in [-0.05, 0) is 20.8 Å². The largest absolute Gasteiger partial charge is 0.394 e. The molecule has 1 aliphatic heterocycles. The molecule has 0 saturated carbocycles. The van der Waals surface area contributed by atoms with E-state index >= 15 is 0 Å². The molecule has 2 rings (SSSR count). The van der Waals surface area contributed by atoms with Crippen molar-refractivity contribution in [3.63, 3.8) is 0 Å². The summed E-state index contributed by atoms with van der Waals surface area (Å²) in [5.74, 6) is 0.503. The van der Waals surface area contributed by atoms with Gasteiger partial charge in [-0.15, -0.1) is 0 Å². The Hall–Kier alpha value is -1.67. The van der Waals surface area contributed by atoms with E-state index in [0.29, 0.717) is 31.1 Å². The Morgan fingerprint density at radius 3 is 2.80 bits per heavy atom. The molecule has 8 heteroatoms. The number of aliphatic hydroxyl groups excluding tert-OH is 1. The highest BCUT2D eigenvalue weighted by Crippen LogP contribution is 2.33. The maximum Gasteiger partial charge on any atom is 0.333 e. The average Bonchev–Trinajstić information content (AvgIpc) is 2.74. The molecule has 2 unspecified atom stereocenters. The Balaban J connectivity index is 2.42. The smallest absolute Gasteiger partial charge is 0.333 e. The third-order valence-corrected chi connectivity index (χ3v) is 3.38. The van der Waals surface area contributed by atoms with Crippen molar-refractivity contribution in [3.8, 4) is 0 Å². The molecule has 112 valence electrons. The quantitative estimate of drug-likeness (QED) is 0.646. The molecule has 1 saturated heterocycles. The number of aromatic nitrogens is 2. The molecule has 0 aromatic carbocycles. The predicted octanol–water partition coefficient (Wildman–Crippen LogP) is 0.706. The molecule has 1 aliphatic rings. The molecule has 1 aromatic rings. The van der Waals surface area contributed by atoms with Crippen LogP contribution in [0.1, 0.15) is 19.5 Å². The average molecular weight is 284 g/mol. The van der Waals surface area contributed by atoms with Crippen molar-refractivity contribution in [2.24, 2.45) is 0 Å². The third kappa shape index (κ3) is 2.61. The zero-order chi connectivity index (χ0) is 14.9. The van der Waals surface area contributed by atoms with E-state index in [-0.39, 0.29) is 24.5 Å². The molecule has 8 nitrogen and oxygen atoms in total. The maximum absolute atomic E-state index is 11.3. The van der Waals surface area contributed by atoms with Crippen LogP contribution in [0.15, 0.2) is 0 Å². The van der Waals surface area contributed by atoms with Gasteiger partial charge in [0.05, 0.1) is 23.7 Å². The Morgan fingerprint density at radius 1 is 1.55 bits per heavy atom. The predicted molar refractivity (Wildman–Crippen MR) is 72.9 cm³/mol. The number of nitrogens with zero attached hydrogens (tertiary/aromatic N) is 4. The summed E-state index contributed by atoms with van der Waals surface area (Å²) in [6, 6.07) is 0. The second kappa shape index (κ2) is 5.76. The number of hydrogen-bond donors (Lipinski definition) is 1. The first-order chi connectivity index (χ1) is 9.47. The molecule has 1 aromatic heterocycles. The standard InChI is InChI=1S/C12H20N4O4/c1-4-15-12(11(16(18)19)9(3)13-15)14-5-8(2)20-10(6-14)7-17/h8,10,17H,4-7H2,1-3H3. The fourth-order valence-corrected chi connectivity index (χ4v) is 2.63. The van der Waals surface area contributed by atoms with Crippen LogP contribution < -0.4 is 4.90 Å². The van der Waals surface area contributed by atoms with E-state index in [9.17, 15) is 15.2 Å². The van der Waals surface area contributed by atoms with Gasteiger partial charge in [-0.1, -0.05) is 0 Å². The van der Waals surface area contributed by atoms with Crippen molar-refractivity contribution in [2.75, 3.05) is 24.6 Å². The number of rotatable bonds is 4. The number of morpholine rings is 1. The Bertz CT molecular complexity index is 502. The van der Waals surface area contributed by atoms with Crippen LogP contribution in [0, 0.1) is 17.0 Å². The van der Waals surface area contributed by atoms with Gasteiger partial charge in [-0.3, -0.25) is 10.1 Å². The van der Waals surface area contributed by atoms with Crippen molar-refractivity contribution >= 4 is 11.5 Å². The Labute approximate surface area is 117 Å². The molecular weight excluding hydrogens is 264 g/mol. The lowest BCUT2D eigenvalue weighted by atomic mass is 10.2. The highest BCUT2D eigenvalue weighted by atomic mass is 16.6. The monoisotopic (exact) mass is 284 g/mol. The summed E-state index contributed by atoms with van der Waals surface area (Å²) in [7, 11) is 0. The summed E-state index contributed by atoms with van der Waals surface area (Å²) in [5, 5.41) is 24.8. The van der Waals surface area contributed by atoms with E-state index in [4.69, 9.17) is 4.74 Å². The van der Waals surface area contributed by atoms with Gasteiger partial charge in [0.1, 0.15) is 5.69 Å². The minimum Gasteiger partial charge on any atom is -0.394 e. The summed E-state index contributed by atoms with van der Waals surface area (Å²) in [5.41, 5.74) is 0.448. The number of ether oxygens (including phenoxy) is 1. The molecule has 20 heavy (non-hydrogen) atoms. The van der Waals surface area contributed by atoms with Gasteiger partial charge in [0.15, 0.2) is 0 Å². The van der Waals surface area contributed by atoms with E-state index in [1.165, 1.54) is 0 Å².